The van der Waals surface area contributed by atoms with Gasteiger partial charge < -0.3 is 14.7 Å². The molecule has 2 aromatic rings. The molecule has 2 heterocycles. The van der Waals surface area contributed by atoms with Gasteiger partial charge in [0.25, 0.3) is 0 Å². The van der Waals surface area contributed by atoms with E-state index in [9.17, 15) is 9.50 Å². The third-order valence-corrected chi connectivity index (χ3v) is 4.75. The van der Waals surface area contributed by atoms with Gasteiger partial charge in [-0.05, 0) is 47.4 Å². The van der Waals surface area contributed by atoms with Crippen molar-refractivity contribution in [3.8, 4) is 0 Å². The maximum absolute atomic E-state index is 13.4. The first-order chi connectivity index (χ1) is 11.6. The zero-order valence-electron chi connectivity index (χ0n) is 13.9. The van der Waals surface area contributed by atoms with E-state index < -0.39 is 5.60 Å². The Bertz CT molecular complexity index is 692. The predicted molar refractivity (Wildman–Crippen MR) is 86.3 cm³/mol. The molecule has 8 heteroatoms. The fourth-order valence-electron chi connectivity index (χ4n) is 3.05. The summed E-state index contributed by atoms with van der Waals surface area (Å²) in [7, 11) is 1.63. The normalized spacial score (nSPS) is 17.2. The van der Waals surface area contributed by atoms with Crippen LogP contribution in [0, 0.1) is 12.7 Å². The zero-order chi connectivity index (χ0) is 17.2. The molecule has 1 fully saturated rings. The molecule has 0 saturated carbocycles. The van der Waals surface area contributed by atoms with Crippen molar-refractivity contribution in [2.45, 2.75) is 31.9 Å². The number of aliphatic hydroxyl groups excluding tert-OH is 1. The molecule has 1 N–H and O–H groups in total. The summed E-state index contributed by atoms with van der Waals surface area (Å²) < 4.78 is 20.6. The monoisotopic (exact) mass is 335 g/mol. The minimum atomic E-state index is -0.469. The topological polar surface area (TPSA) is 76.3 Å². The summed E-state index contributed by atoms with van der Waals surface area (Å²) in [5.41, 5.74) is 1.08. The van der Waals surface area contributed by atoms with Gasteiger partial charge >= 0.3 is 0 Å². The highest BCUT2D eigenvalue weighted by atomic mass is 19.1. The van der Waals surface area contributed by atoms with Crippen molar-refractivity contribution in [1.29, 1.82) is 0 Å². The SMILES string of the molecule is COC1(CO)CCN(c2nnnn2Cc2ccc(F)c(C)c2)CC1. The quantitative estimate of drug-likeness (QED) is 0.883. The van der Waals surface area contributed by atoms with E-state index in [1.165, 1.54) is 6.07 Å². The number of benzene rings is 1. The number of anilines is 1. The standard InChI is InChI=1S/C16H22FN5O2/c1-12-9-13(3-4-14(12)17)10-22-15(18-19-20-22)21-7-5-16(11-23,24-2)6-8-21/h3-4,9,23H,5-8,10-11H2,1-2H3. The molecule has 24 heavy (non-hydrogen) atoms. The average molecular weight is 335 g/mol. The van der Waals surface area contributed by atoms with Gasteiger partial charge in [0.15, 0.2) is 0 Å². The highest BCUT2D eigenvalue weighted by molar-refractivity contribution is 5.31. The van der Waals surface area contributed by atoms with E-state index in [1.807, 2.05) is 0 Å². The van der Waals surface area contributed by atoms with Crippen LogP contribution in [0.15, 0.2) is 18.2 Å². The fourth-order valence-corrected chi connectivity index (χ4v) is 3.05. The largest absolute Gasteiger partial charge is 0.393 e. The molecule has 1 saturated heterocycles. The molecule has 0 aliphatic carbocycles. The molecule has 1 aliphatic rings. The Labute approximate surface area is 140 Å². The van der Waals surface area contributed by atoms with Crippen molar-refractivity contribution < 1.29 is 14.2 Å². The lowest BCUT2D eigenvalue weighted by atomic mass is 9.92. The Hall–Kier alpha value is -2.06. The molecule has 0 radical (unpaired) electrons. The second-order valence-corrected chi connectivity index (χ2v) is 6.25. The summed E-state index contributed by atoms with van der Waals surface area (Å²) in [4.78, 5) is 2.09. The van der Waals surface area contributed by atoms with Crippen molar-refractivity contribution in [2.24, 2.45) is 0 Å². The van der Waals surface area contributed by atoms with E-state index in [-0.39, 0.29) is 12.4 Å². The number of ether oxygens (including phenoxy) is 1. The number of nitrogens with zero attached hydrogens (tertiary/aromatic N) is 5. The van der Waals surface area contributed by atoms with E-state index in [0.29, 0.717) is 44.0 Å². The fraction of sp³-hybridized carbons (Fsp3) is 0.562. The maximum atomic E-state index is 13.4. The van der Waals surface area contributed by atoms with Crippen molar-refractivity contribution in [1.82, 2.24) is 20.2 Å². The van der Waals surface area contributed by atoms with Crippen LogP contribution in [0.25, 0.3) is 0 Å². The Kier molecular flexibility index (Phi) is 4.77. The van der Waals surface area contributed by atoms with Crippen LogP contribution in [0.1, 0.15) is 24.0 Å². The number of hydrogen-bond acceptors (Lipinski definition) is 6. The van der Waals surface area contributed by atoms with Crippen LogP contribution in [0.4, 0.5) is 10.3 Å². The summed E-state index contributed by atoms with van der Waals surface area (Å²) >= 11 is 0. The molecular weight excluding hydrogens is 313 g/mol. The van der Waals surface area contributed by atoms with Gasteiger partial charge in [-0.2, -0.15) is 0 Å². The summed E-state index contributed by atoms with van der Waals surface area (Å²) in [6.07, 6.45) is 1.42. The average Bonchev–Trinajstić information content (AvgIpc) is 3.06. The number of rotatable bonds is 5. The first-order valence-corrected chi connectivity index (χ1v) is 7.99. The molecule has 130 valence electrons. The van der Waals surface area contributed by atoms with Crippen LogP contribution in [-0.2, 0) is 11.3 Å². The lowest BCUT2D eigenvalue weighted by molar-refractivity contribution is -0.0674. The van der Waals surface area contributed by atoms with Crippen molar-refractivity contribution >= 4 is 5.95 Å². The molecule has 1 aromatic heterocycles. The van der Waals surface area contributed by atoms with Gasteiger partial charge in [0.2, 0.25) is 5.95 Å². The second kappa shape index (κ2) is 6.82. The first kappa shape index (κ1) is 16.8. The van der Waals surface area contributed by atoms with E-state index in [4.69, 9.17) is 4.74 Å². The lowest BCUT2D eigenvalue weighted by Crippen LogP contribution is -2.48. The summed E-state index contributed by atoms with van der Waals surface area (Å²) in [5, 5.41) is 21.5. The molecule has 1 aliphatic heterocycles. The van der Waals surface area contributed by atoms with E-state index in [2.05, 4.69) is 20.4 Å². The minimum absolute atomic E-state index is 0.0110. The zero-order valence-corrected chi connectivity index (χ0v) is 13.9. The molecule has 3 rings (SSSR count). The molecule has 0 amide bonds. The first-order valence-electron chi connectivity index (χ1n) is 7.99. The lowest BCUT2D eigenvalue weighted by Gasteiger charge is -2.39. The number of methoxy groups -OCH3 is 1. The number of halogens is 1. The third-order valence-electron chi connectivity index (χ3n) is 4.75. The predicted octanol–water partition coefficient (Wildman–Crippen LogP) is 1.15. The van der Waals surface area contributed by atoms with Crippen LogP contribution in [-0.4, -0.2) is 57.7 Å². The molecule has 0 atom stereocenters. The van der Waals surface area contributed by atoms with Crippen LogP contribution in [0.2, 0.25) is 0 Å². The van der Waals surface area contributed by atoms with Crippen LogP contribution < -0.4 is 4.90 Å². The maximum Gasteiger partial charge on any atom is 0.245 e. The Morgan fingerprint density at radius 2 is 2.08 bits per heavy atom. The van der Waals surface area contributed by atoms with Crippen molar-refractivity contribution in [3.63, 3.8) is 0 Å². The molecule has 0 spiro atoms. The van der Waals surface area contributed by atoms with Crippen LogP contribution >= 0.6 is 0 Å². The third kappa shape index (κ3) is 3.25. The van der Waals surface area contributed by atoms with Gasteiger partial charge in [0, 0.05) is 20.2 Å². The second-order valence-electron chi connectivity index (χ2n) is 6.25. The van der Waals surface area contributed by atoms with Gasteiger partial charge in [-0.25, -0.2) is 9.07 Å². The summed E-state index contributed by atoms with van der Waals surface area (Å²) in [6, 6.07) is 5.01. The van der Waals surface area contributed by atoms with E-state index in [1.54, 1.807) is 30.8 Å². The molecule has 0 bridgehead atoms. The molecule has 0 unspecified atom stereocenters. The number of aliphatic hydroxyl groups is 1. The summed E-state index contributed by atoms with van der Waals surface area (Å²) in [5.74, 6) is 0.464. The van der Waals surface area contributed by atoms with Crippen molar-refractivity contribution in [3.05, 3.63) is 35.1 Å². The van der Waals surface area contributed by atoms with Crippen LogP contribution in [0.5, 0.6) is 0 Å². The number of hydrogen-bond donors (Lipinski definition) is 1. The minimum Gasteiger partial charge on any atom is -0.393 e. The highest BCUT2D eigenvalue weighted by Crippen LogP contribution is 2.27. The molecule has 7 nitrogen and oxygen atoms in total. The Morgan fingerprint density at radius 3 is 2.71 bits per heavy atom. The van der Waals surface area contributed by atoms with Gasteiger partial charge in [-0.3, -0.25) is 0 Å². The number of aromatic nitrogens is 4. The Morgan fingerprint density at radius 1 is 1.33 bits per heavy atom. The summed E-state index contributed by atoms with van der Waals surface area (Å²) in [6.45, 7) is 3.64. The van der Waals surface area contributed by atoms with Crippen LogP contribution in [0.3, 0.4) is 0 Å². The van der Waals surface area contributed by atoms with Gasteiger partial charge in [-0.15, -0.1) is 0 Å². The van der Waals surface area contributed by atoms with E-state index in [0.717, 1.165) is 5.56 Å². The number of tetrazole rings is 1. The number of aryl methyl sites for hydroxylation is 1. The highest BCUT2D eigenvalue weighted by Gasteiger charge is 2.35. The smallest absolute Gasteiger partial charge is 0.245 e. The number of piperidine rings is 1. The Balaban J connectivity index is 1.73. The molecule has 1 aromatic carbocycles. The van der Waals surface area contributed by atoms with Gasteiger partial charge in [0.1, 0.15) is 5.82 Å². The van der Waals surface area contributed by atoms with Crippen molar-refractivity contribution in [2.75, 3.05) is 31.7 Å². The molecular formula is C16H22FN5O2. The van der Waals surface area contributed by atoms with Gasteiger partial charge in [0.05, 0.1) is 18.8 Å². The van der Waals surface area contributed by atoms with Gasteiger partial charge in [-0.1, -0.05) is 17.2 Å². The van der Waals surface area contributed by atoms with E-state index >= 15 is 0 Å².